The van der Waals surface area contributed by atoms with E-state index in [0.29, 0.717) is 17.6 Å². The van der Waals surface area contributed by atoms with Crippen molar-refractivity contribution in [3.8, 4) is 11.8 Å². The summed E-state index contributed by atoms with van der Waals surface area (Å²) in [4.78, 5) is 0. The van der Waals surface area contributed by atoms with Gasteiger partial charge < -0.3 is 4.74 Å². The van der Waals surface area contributed by atoms with Gasteiger partial charge in [-0.15, -0.1) is 0 Å². The van der Waals surface area contributed by atoms with Gasteiger partial charge in [0.25, 0.3) is 0 Å². The smallest absolute Gasteiger partial charge is 0.137 e. The third-order valence-electron chi connectivity index (χ3n) is 8.35. The Morgan fingerprint density at radius 1 is 0.781 bits per heavy atom. The summed E-state index contributed by atoms with van der Waals surface area (Å²) >= 11 is 0. The van der Waals surface area contributed by atoms with Crippen LogP contribution >= 0.6 is 0 Å². The first-order chi connectivity index (χ1) is 15.6. The van der Waals surface area contributed by atoms with Gasteiger partial charge in [0, 0.05) is 0 Å². The summed E-state index contributed by atoms with van der Waals surface area (Å²) in [6.07, 6.45) is 14.6. The predicted molar refractivity (Wildman–Crippen MR) is 132 cm³/mol. The van der Waals surface area contributed by atoms with Crippen LogP contribution in [0.3, 0.4) is 0 Å². The normalized spacial score (nSPS) is 24.3. The number of hydrogen-bond acceptors (Lipinski definition) is 2. The summed E-state index contributed by atoms with van der Waals surface area (Å²) in [6, 6.07) is 18.4. The first kappa shape index (κ1) is 22.9. The molecule has 2 bridgehead atoms. The van der Waals surface area contributed by atoms with Crippen molar-refractivity contribution in [3.63, 3.8) is 0 Å². The molecule has 0 radical (unpaired) electrons. The topological polar surface area (TPSA) is 33.0 Å². The van der Waals surface area contributed by atoms with Gasteiger partial charge in [-0.1, -0.05) is 63.4 Å². The van der Waals surface area contributed by atoms with Gasteiger partial charge in [-0.25, -0.2) is 0 Å². The van der Waals surface area contributed by atoms with E-state index in [9.17, 15) is 5.26 Å². The molecule has 0 unspecified atom stereocenters. The molecule has 0 aromatic heterocycles. The summed E-state index contributed by atoms with van der Waals surface area (Å²) in [7, 11) is 0. The highest BCUT2D eigenvalue weighted by Gasteiger charge is 2.50. The van der Waals surface area contributed by atoms with E-state index in [-0.39, 0.29) is 5.41 Å². The Bertz CT molecular complexity index is 912. The van der Waals surface area contributed by atoms with E-state index in [1.807, 2.05) is 0 Å². The van der Waals surface area contributed by atoms with Crippen LogP contribution in [0, 0.1) is 11.3 Å². The number of rotatable bonds is 10. The van der Waals surface area contributed by atoms with E-state index in [0.717, 1.165) is 12.2 Å². The largest absolute Gasteiger partial charge is 0.492 e. The molecular weight excluding hydrogens is 390 g/mol. The molecule has 32 heavy (non-hydrogen) atoms. The second-order valence-corrected chi connectivity index (χ2v) is 10.2. The summed E-state index contributed by atoms with van der Waals surface area (Å²) in [5.74, 6) is 0.757. The molecule has 2 aromatic carbocycles. The maximum atomic E-state index is 9.75. The second kappa shape index (κ2) is 10.1. The van der Waals surface area contributed by atoms with Gasteiger partial charge in [0.1, 0.15) is 11.8 Å². The maximum absolute atomic E-state index is 9.75. The lowest BCUT2D eigenvalue weighted by atomic mass is 9.50. The molecule has 0 atom stereocenters. The number of nitriles is 1. The number of benzene rings is 2. The highest BCUT2D eigenvalue weighted by molar-refractivity contribution is 5.48. The Labute approximate surface area is 195 Å². The van der Waals surface area contributed by atoms with Crippen molar-refractivity contribution >= 4 is 0 Å². The Morgan fingerprint density at radius 3 is 1.97 bits per heavy atom. The fourth-order valence-electron chi connectivity index (χ4n) is 6.06. The van der Waals surface area contributed by atoms with Crippen LogP contribution < -0.4 is 4.74 Å². The summed E-state index contributed by atoms with van der Waals surface area (Å²) in [5.41, 5.74) is 5.71. The first-order valence-electron chi connectivity index (χ1n) is 12.9. The van der Waals surface area contributed by atoms with Crippen LogP contribution in [-0.2, 0) is 17.3 Å². The molecule has 3 saturated carbocycles. The van der Waals surface area contributed by atoms with E-state index in [1.165, 1.54) is 81.8 Å². The molecule has 2 nitrogen and oxygen atoms in total. The third kappa shape index (κ3) is 4.59. The number of hydrogen-bond donors (Lipinski definition) is 0. The van der Waals surface area contributed by atoms with Crippen LogP contribution in [0.4, 0.5) is 0 Å². The fourth-order valence-corrected chi connectivity index (χ4v) is 6.06. The molecule has 0 amide bonds. The van der Waals surface area contributed by atoms with Crippen LogP contribution in [0.1, 0.15) is 107 Å². The average molecular weight is 430 g/mol. The third-order valence-corrected chi connectivity index (χ3v) is 8.35. The van der Waals surface area contributed by atoms with Gasteiger partial charge in [-0.3, -0.25) is 0 Å². The number of fused-ring (bicyclic) bond motifs is 3. The lowest BCUT2D eigenvalue weighted by molar-refractivity contribution is 0.102. The van der Waals surface area contributed by atoms with E-state index in [2.05, 4.69) is 62.4 Å². The van der Waals surface area contributed by atoms with Gasteiger partial charge >= 0.3 is 0 Å². The van der Waals surface area contributed by atoms with E-state index in [1.54, 1.807) is 5.56 Å². The molecule has 3 aliphatic rings. The molecule has 3 fully saturated rings. The summed E-state index contributed by atoms with van der Waals surface area (Å²) < 4.78 is 5.93. The molecule has 5 rings (SSSR count). The number of aryl methyl sites for hydroxylation is 1. The van der Waals surface area contributed by atoms with Crippen molar-refractivity contribution in [2.75, 3.05) is 6.61 Å². The molecule has 2 aromatic rings. The van der Waals surface area contributed by atoms with Crippen molar-refractivity contribution in [1.29, 1.82) is 5.26 Å². The highest BCUT2D eigenvalue weighted by Crippen LogP contribution is 2.58. The van der Waals surface area contributed by atoms with Crippen LogP contribution in [-0.4, -0.2) is 6.61 Å². The minimum Gasteiger partial charge on any atom is -0.492 e. The van der Waals surface area contributed by atoms with E-state index in [4.69, 9.17) is 4.74 Å². The van der Waals surface area contributed by atoms with E-state index < -0.39 is 0 Å². The molecule has 0 aliphatic heterocycles. The monoisotopic (exact) mass is 429 g/mol. The van der Waals surface area contributed by atoms with Crippen molar-refractivity contribution in [2.45, 2.75) is 102 Å². The molecule has 0 N–H and O–H groups in total. The zero-order valence-corrected chi connectivity index (χ0v) is 20.1. The minimum absolute atomic E-state index is 0.245. The SMILES string of the molecule is CCCCCOc1ccc(C23CCC(c4ccc(CCCC)cc4)(CC2)CC3)cc1C#N. The zero-order chi connectivity index (χ0) is 22.4. The van der Waals surface area contributed by atoms with Gasteiger partial charge in [0.05, 0.1) is 12.2 Å². The zero-order valence-electron chi connectivity index (χ0n) is 20.1. The van der Waals surface area contributed by atoms with Gasteiger partial charge in [-0.05, 0) is 97.4 Å². The number of ether oxygens (including phenoxy) is 1. The van der Waals surface area contributed by atoms with Crippen molar-refractivity contribution in [2.24, 2.45) is 0 Å². The first-order valence-corrected chi connectivity index (χ1v) is 12.9. The quantitative estimate of drug-likeness (QED) is 0.358. The van der Waals surface area contributed by atoms with Gasteiger partial charge in [0.15, 0.2) is 0 Å². The highest BCUT2D eigenvalue weighted by atomic mass is 16.5. The van der Waals surface area contributed by atoms with Crippen molar-refractivity contribution < 1.29 is 4.74 Å². The van der Waals surface area contributed by atoms with Crippen molar-refractivity contribution in [3.05, 3.63) is 64.7 Å². The summed E-state index contributed by atoms with van der Waals surface area (Å²) in [5, 5.41) is 9.75. The molecule has 0 spiro atoms. The Kier molecular flexibility index (Phi) is 7.24. The van der Waals surface area contributed by atoms with E-state index >= 15 is 0 Å². The standard InChI is InChI=1S/C30H39NO/c1-3-5-7-21-32-28-14-13-27(22-25(28)23-31)30-18-15-29(16-19-30,17-20-30)26-11-9-24(10-12-26)8-6-4-2/h9-14,22H,3-8,15-21H2,1-2H3. The maximum Gasteiger partial charge on any atom is 0.137 e. The Balaban J connectivity index is 1.45. The van der Waals surface area contributed by atoms with Crippen LogP contribution in [0.2, 0.25) is 0 Å². The molecule has 0 heterocycles. The number of unbranched alkanes of at least 4 members (excludes halogenated alkanes) is 3. The summed E-state index contributed by atoms with van der Waals surface area (Å²) in [6.45, 7) is 5.16. The molecule has 2 heteroatoms. The Morgan fingerprint density at radius 2 is 1.38 bits per heavy atom. The van der Waals surface area contributed by atoms with Crippen LogP contribution in [0.25, 0.3) is 0 Å². The Hall–Kier alpha value is -2.27. The predicted octanol–water partition coefficient (Wildman–Crippen LogP) is 8.01. The fraction of sp³-hybridized carbons (Fsp3) is 0.567. The van der Waals surface area contributed by atoms with Gasteiger partial charge in [-0.2, -0.15) is 5.26 Å². The van der Waals surface area contributed by atoms with Crippen LogP contribution in [0.5, 0.6) is 5.75 Å². The minimum atomic E-state index is 0.245. The lowest BCUT2D eigenvalue weighted by Gasteiger charge is -2.54. The van der Waals surface area contributed by atoms with Crippen LogP contribution in [0.15, 0.2) is 42.5 Å². The van der Waals surface area contributed by atoms with Crippen molar-refractivity contribution in [1.82, 2.24) is 0 Å². The molecular formula is C30H39NO. The second-order valence-electron chi connectivity index (χ2n) is 10.2. The van der Waals surface area contributed by atoms with Gasteiger partial charge in [0.2, 0.25) is 0 Å². The molecule has 170 valence electrons. The lowest BCUT2D eigenvalue weighted by Crippen LogP contribution is -2.46. The molecule has 0 saturated heterocycles. The number of nitrogens with zero attached hydrogens (tertiary/aromatic N) is 1. The molecule has 3 aliphatic carbocycles. The average Bonchev–Trinajstić information content (AvgIpc) is 2.86.